The molecule has 0 saturated carbocycles. The topological polar surface area (TPSA) is 158 Å². The number of H-pyrrole nitrogens is 2. The highest BCUT2D eigenvalue weighted by atomic mass is 35.5. The van der Waals surface area contributed by atoms with E-state index in [-0.39, 0.29) is 45.9 Å². The van der Waals surface area contributed by atoms with Crippen LogP contribution in [0.4, 0.5) is 18.9 Å². The molecule has 5 rings (SSSR count). The number of nitrogens with two attached hydrogens (primary N) is 1. The molecule has 4 heterocycles. The second kappa shape index (κ2) is 11.0. The molecule has 1 aliphatic heterocycles. The quantitative estimate of drug-likeness (QED) is 0.237. The van der Waals surface area contributed by atoms with E-state index in [9.17, 15) is 22.8 Å². The number of alkyl halides is 3. The van der Waals surface area contributed by atoms with Gasteiger partial charge in [0.25, 0.3) is 11.8 Å². The van der Waals surface area contributed by atoms with E-state index in [1.165, 1.54) is 18.3 Å². The molecule has 6 N–H and O–H groups in total. The van der Waals surface area contributed by atoms with E-state index in [1.54, 1.807) is 23.1 Å². The summed E-state index contributed by atoms with van der Waals surface area (Å²) in [6.45, 7) is 2.62. The lowest BCUT2D eigenvalue weighted by molar-refractivity contribution is -0.140. The van der Waals surface area contributed by atoms with Gasteiger partial charge in [-0.1, -0.05) is 17.7 Å². The number of hydrogen-bond donors (Lipinski definition) is 5. The fourth-order valence-electron chi connectivity index (χ4n) is 4.26. The first-order valence-electron chi connectivity index (χ1n) is 12.1. The number of carbonyl (C=O) groups excluding carboxylic acids is 2. The number of anilines is 1. The van der Waals surface area contributed by atoms with Gasteiger partial charge in [0.1, 0.15) is 0 Å². The molecule has 15 heteroatoms. The van der Waals surface area contributed by atoms with Crippen LogP contribution in [0, 0.1) is 0 Å². The molecule has 40 heavy (non-hydrogen) atoms. The molecule has 4 aromatic rings. The summed E-state index contributed by atoms with van der Waals surface area (Å²) in [6.07, 6.45) is -2.37. The zero-order valence-electron chi connectivity index (χ0n) is 20.8. The average Bonchev–Trinajstić information content (AvgIpc) is 3.60. The monoisotopic (exact) mass is 573 g/mol. The molecule has 0 aliphatic carbocycles. The van der Waals surface area contributed by atoms with Gasteiger partial charge in [0.2, 0.25) is 0 Å². The van der Waals surface area contributed by atoms with E-state index in [4.69, 9.17) is 17.3 Å². The van der Waals surface area contributed by atoms with Crippen LogP contribution in [0.1, 0.15) is 32.2 Å². The molecule has 1 fully saturated rings. The van der Waals surface area contributed by atoms with Gasteiger partial charge in [-0.05, 0) is 29.8 Å². The lowest BCUT2D eigenvalue weighted by Gasteiger charge is -2.27. The zero-order chi connectivity index (χ0) is 28.4. The van der Waals surface area contributed by atoms with Crippen LogP contribution in [0.3, 0.4) is 0 Å². The number of aromatic amines is 2. The van der Waals surface area contributed by atoms with Crippen LogP contribution in [-0.4, -0.2) is 68.0 Å². The fourth-order valence-corrected chi connectivity index (χ4v) is 4.54. The highest BCUT2D eigenvalue weighted by Gasteiger charge is 2.39. The van der Waals surface area contributed by atoms with Crippen LogP contribution in [0.25, 0.3) is 22.6 Å². The second-order valence-electron chi connectivity index (χ2n) is 8.98. The van der Waals surface area contributed by atoms with Gasteiger partial charge in [0.05, 0.1) is 51.3 Å². The number of amides is 2. The summed E-state index contributed by atoms with van der Waals surface area (Å²) < 4.78 is 41.2. The Morgan fingerprint density at radius 3 is 2.55 bits per heavy atom. The number of aromatic nitrogens is 5. The van der Waals surface area contributed by atoms with Crippen LogP contribution in [-0.2, 0) is 12.7 Å². The van der Waals surface area contributed by atoms with Gasteiger partial charge in [-0.3, -0.25) is 19.7 Å². The Bertz CT molecular complexity index is 1540. The van der Waals surface area contributed by atoms with Crippen molar-refractivity contribution in [2.75, 3.05) is 31.9 Å². The van der Waals surface area contributed by atoms with Crippen molar-refractivity contribution in [1.29, 1.82) is 0 Å². The molecule has 0 unspecified atom stereocenters. The summed E-state index contributed by atoms with van der Waals surface area (Å²) in [7, 11) is 0. The van der Waals surface area contributed by atoms with E-state index < -0.39 is 17.8 Å². The van der Waals surface area contributed by atoms with E-state index in [2.05, 4.69) is 35.8 Å². The molecule has 11 nitrogen and oxygen atoms in total. The van der Waals surface area contributed by atoms with Gasteiger partial charge in [-0.15, -0.1) is 0 Å². The van der Waals surface area contributed by atoms with Crippen LogP contribution >= 0.6 is 11.6 Å². The van der Waals surface area contributed by atoms with Gasteiger partial charge in [0.15, 0.2) is 11.5 Å². The predicted molar refractivity (Wildman–Crippen MR) is 140 cm³/mol. The zero-order valence-corrected chi connectivity index (χ0v) is 21.5. The number of halogens is 4. The third-order valence-corrected chi connectivity index (χ3v) is 6.57. The Hall–Kier alpha value is -4.43. The SMILES string of the molecule is Nc1ccc(-c2[nH]nc(C(F)(F)F)c2-c2cnc(C(=O)NCc3ccc(C(=O)N4CCNCC4)c(Cl)c3)[nH]2)nc1. The second-order valence-corrected chi connectivity index (χ2v) is 9.39. The molecule has 0 atom stereocenters. The standard InChI is InChI=1S/C25H23ClF3N9O2/c26-16-9-13(1-3-15(16)24(40)38-7-5-31-6-8-38)10-34-23(39)22-33-12-18(35-22)19-20(17-4-2-14(30)11-32-17)36-37-21(19)25(27,28)29/h1-4,9,11-12,31H,5-8,10,30H2,(H,33,35)(H,34,39)(H,36,37). The predicted octanol–water partition coefficient (Wildman–Crippen LogP) is 3.09. The minimum atomic E-state index is -4.79. The van der Waals surface area contributed by atoms with Crippen LogP contribution in [0.2, 0.25) is 5.02 Å². The van der Waals surface area contributed by atoms with E-state index in [0.717, 1.165) is 6.20 Å². The van der Waals surface area contributed by atoms with Crippen molar-refractivity contribution in [2.45, 2.75) is 12.7 Å². The summed E-state index contributed by atoms with van der Waals surface area (Å²) in [5.74, 6) is -1.04. The van der Waals surface area contributed by atoms with Crippen molar-refractivity contribution < 1.29 is 22.8 Å². The molecule has 3 aromatic heterocycles. The molecule has 1 saturated heterocycles. The number of nitrogens with zero attached hydrogens (tertiary/aromatic N) is 4. The minimum Gasteiger partial charge on any atom is -0.397 e. The van der Waals surface area contributed by atoms with E-state index in [0.29, 0.717) is 43.0 Å². The number of hydrogen-bond acceptors (Lipinski definition) is 7. The van der Waals surface area contributed by atoms with Gasteiger partial charge < -0.3 is 26.3 Å². The first-order valence-corrected chi connectivity index (χ1v) is 12.5. The maximum absolute atomic E-state index is 13.7. The summed E-state index contributed by atoms with van der Waals surface area (Å²) in [5, 5.41) is 11.9. The van der Waals surface area contributed by atoms with Gasteiger partial charge in [-0.2, -0.15) is 18.3 Å². The first kappa shape index (κ1) is 27.1. The fraction of sp³-hybridized carbons (Fsp3) is 0.240. The Kier molecular flexibility index (Phi) is 7.45. The van der Waals surface area contributed by atoms with Crippen molar-refractivity contribution in [3.63, 3.8) is 0 Å². The van der Waals surface area contributed by atoms with Crippen LogP contribution < -0.4 is 16.4 Å². The first-order chi connectivity index (χ1) is 19.1. The van der Waals surface area contributed by atoms with Crippen molar-refractivity contribution in [1.82, 2.24) is 40.7 Å². The number of nitrogens with one attached hydrogen (secondary N) is 4. The van der Waals surface area contributed by atoms with Gasteiger partial charge in [0, 0.05) is 32.7 Å². The molecule has 0 spiro atoms. The van der Waals surface area contributed by atoms with E-state index >= 15 is 0 Å². The molecular formula is C25H23ClF3N9O2. The summed E-state index contributed by atoms with van der Waals surface area (Å²) in [4.78, 5) is 37.9. The maximum Gasteiger partial charge on any atom is 0.435 e. The van der Waals surface area contributed by atoms with Gasteiger partial charge >= 0.3 is 6.18 Å². The molecule has 208 valence electrons. The third kappa shape index (κ3) is 5.62. The summed E-state index contributed by atoms with van der Waals surface area (Å²) >= 11 is 6.35. The molecular weight excluding hydrogens is 551 g/mol. The minimum absolute atomic E-state index is 0.0203. The maximum atomic E-state index is 13.7. The number of nitrogen functional groups attached to an aromatic ring is 1. The van der Waals surface area contributed by atoms with Crippen molar-refractivity contribution in [2.24, 2.45) is 0 Å². The van der Waals surface area contributed by atoms with Crippen LogP contribution in [0.5, 0.6) is 0 Å². The number of pyridine rings is 1. The number of benzene rings is 1. The Labute approximate surface area is 230 Å². The van der Waals surface area contributed by atoms with E-state index in [1.807, 2.05) is 0 Å². The van der Waals surface area contributed by atoms with Crippen molar-refractivity contribution >= 4 is 29.1 Å². The highest BCUT2D eigenvalue weighted by molar-refractivity contribution is 6.33. The third-order valence-electron chi connectivity index (χ3n) is 6.26. The molecule has 1 aromatic carbocycles. The van der Waals surface area contributed by atoms with Crippen molar-refractivity contribution in [3.8, 4) is 22.6 Å². The van der Waals surface area contributed by atoms with Crippen LogP contribution in [0.15, 0.2) is 42.7 Å². The molecule has 2 amide bonds. The smallest absolute Gasteiger partial charge is 0.397 e. The average molecular weight is 574 g/mol. The van der Waals surface area contributed by atoms with Gasteiger partial charge in [-0.25, -0.2) is 4.98 Å². The highest BCUT2D eigenvalue weighted by Crippen LogP contribution is 2.40. The van der Waals surface area contributed by atoms with Crippen molar-refractivity contribution in [3.05, 3.63) is 70.4 Å². The lowest BCUT2D eigenvalue weighted by atomic mass is 10.1. The lowest BCUT2D eigenvalue weighted by Crippen LogP contribution is -2.46. The molecule has 1 aliphatic rings. The molecule has 0 radical (unpaired) electrons. The summed E-state index contributed by atoms with van der Waals surface area (Å²) in [6, 6.07) is 7.79. The number of rotatable bonds is 6. The Morgan fingerprint density at radius 2 is 1.88 bits per heavy atom. The number of carbonyl (C=O) groups is 2. The summed E-state index contributed by atoms with van der Waals surface area (Å²) in [5.41, 5.74) is 5.49. The normalized spacial score (nSPS) is 13.8. The largest absolute Gasteiger partial charge is 0.435 e. The number of imidazole rings is 1. The Morgan fingerprint density at radius 1 is 1.10 bits per heavy atom. The number of piperazine rings is 1. The molecule has 0 bridgehead atoms. The Balaban J connectivity index is 1.32.